The lowest BCUT2D eigenvalue weighted by Gasteiger charge is -2.27. The SMILES string of the molecule is C=C(C)OC1(C(C)=O)Cc2ccc(C)cc2C1. The van der Waals surface area contributed by atoms with Crippen LogP contribution in [0, 0.1) is 6.92 Å². The third kappa shape index (κ3) is 2.12. The van der Waals surface area contributed by atoms with Crippen molar-refractivity contribution < 1.29 is 9.53 Å². The van der Waals surface area contributed by atoms with E-state index in [0.717, 1.165) is 0 Å². The van der Waals surface area contributed by atoms with Crippen LogP contribution in [0.25, 0.3) is 0 Å². The van der Waals surface area contributed by atoms with Crippen molar-refractivity contribution in [2.75, 3.05) is 0 Å². The number of aryl methyl sites for hydroxylation is 1. The predicted molar refractivity (Wildman–Crippen MR) is 67.9 cm³/mol. The maximum absolute atomic E-state index is 11.9. The maximum atomic E-state index is 11.9. The summed E-state index contributed by atoms with van der Waals surface area (Å²) in [7, 11) is 0. The monoisotopic (exact) mass is 230 g/mol. The van der Waals surface area contributed by atoms with E-state index in [0.29, 0.717) is 18.6 Å². The third-order valence-electron chi connectivity index (χ3n) is 3.33. The molecule has 0 heterocycles. The molecule has 0 fully saturated rings. The number of Topliss-reactive ketones (excluding diaryl/α,β-unsaturated/α-hetero) is 1. The van der Waals surface area contributed by atoms with Crippen LogP contribution in [0.1, 0.15) is 30.5 Å². The van der Waals surface area contributed by atoms with Gasteiger partial charge >= 0.3 is 0 Å². The zero-order chi connectivity index (χ0) is 12.6. The number of fused-ring (bicyclic) bond motifs is 1. The molecule has 0 aliphatic heterocycles. The van der Waals surface area contributed by atoms with Gasteiger partial charge in [0, 0.05) is 12.8 Å². The molecular weight excluding hydrogens is 212 g/mol. The summed E-state index contributed by atoms with van der Waals surface area (Å²) in [6.45, 7) is 9.20. The highest BCUT2D eigenvalue weighted by molar-refractivity contribution is 5.87. The van der Waals surface area contributed by atoms with Gasteiger partial charge in [0.15, 0.2) is 11.4 Å². The molecule has 0 amide bonds. The Morgan fingerprint density at radius 2 is 1.94 bits per heavy atom. The molecule has 0 aromatic heterocycles. The first-order valence-electron chi connectivity index (χ1n) is 5.87. The molecule has 0 bridgehead atoms. The van der Waals surface area contributed by atoms with Crippen molar-refractivity contribution in [1.82, 2.24) is 0 Å². The van der Waals surface area contributed by atoms with Crippen molar-refractivity contribution >= 4 is 5.78 Å². The van der Waals surface area contributed by atoms with Gasteiger partial charge in [-0.05, 0) is 31.9 Å². The quantitative estimate of drug-likeness (QED) is 0.746. The van der Waals surface area contributed by atoms with Crippen molar-refractivity contribution in [2.24, 2.45) is 0 Å². The second kappa shape index (κ2) is 4.02. The Morgan fingerprint density at radius 1 is 1.29 bits per heavy atom. The molecule has 1 aromatic rings. The Morgan fingerprint density at radius 3 is 2.53 bits per heavy atom. The number of carbonyl (C=O) groups is 1. The van der Waals surface area contributed by atoms with Gasteiger partial charge in [-0.3, -0.25) is 4.79 Å². The average Bonchev–Trinajstić information content (AvgIpc) is 2.55. The molecule has 17 heavy (non-hydrogen) atoms. The van der Waals surface area contributed by atoms with Crippen LogP contribution in [-0.2, 0) is 22.4 Å². The van der Waals surface area contributed by atoms with Crippen molar-refractivity contribution in [3.05, 3.63) is 47.2 Å². The first-order chi connectivity index (χ1) is 7.93. The molecule has 0 saturated heterocycles. The minimum absolute atomic E-state index is 0.0781. The molecule has 1 aromatic carbocycles. The van der Waals surface area contributed by atoms with Gasteiger partial charge in [-0.2, -0.15) is 0 Å². The van der Waals surface area contributed by atoms with E-state index >= 15 is 0 Å². The molecule has 1 aliphatic rings. The molecule has 2 rings (SSSR count). The largest absolute Gasteiger partial charge is 0.484 e. The Balaban J connectivity index is 2.37. The minimum atomic E-state index is -0.720. The molecule has 2 nitrogen and oxygen atoms in total. The van der Waals surface area contributed by atoms with E-state index in [9.17, 15) is 4.79 Å². The lowest BCUT2D eigenvalue weighted by molar-refractivity contribution is -0.136. The molecule has 0 spiro atoms. The number of ketones is 1. The average molecular weight is 230 g/mol. The van der Waals surface area contributed by atoms with Crippen LogP contribution >= 0.6 is 0 Å². The van der Waals surface area contributed by atoms with E-state index in [1.165, 1.54) is 16.7 Å². The molecule has 1 unspecified atom stereocenters. The molecule has 90 valence electrons. The fourth-order valence-electron chi connectivity index (χ4n) is 2.50. The molecular formula is C15H18O2. The Bertz CT molecular complexity index is 488. The van der Waals surface area contributed by atoms with E-state index in [2.05, 4.69) is 31.7 Å². The molecule has 2 heteroatoms. The van der Waals surface area contributed by atoms with E-state index in [4.69, 9.17) is 4.74 Å². The van der Waals surface area contributed by atoms with Gasteiger partial charge in [-0.1, -0.05) is 30.3 Å². The fraction of sp³-hybridized carbons (Fsp3) is 0.400. The van der Waals surface area contributed by atoms with Gasteiger partial charge in [0.1, 0.15) is 0 Å². The number of benzene rings is 1. The van der Waals surface area contributed by atoms with Crippen LogP contribution in [0.2, 0.25) is 0 Å². The van der Waals surface area contributed by atoms with Crippen LogP contribution in [0.15, 0.2) is 30.5 Å². The number of allylic oxidation sites excluding steroid dienone is 1. The number of ether oxygens (including phenoxy) is 1. The second-order valence-corrected chi connectivity index (χ2v) is 4.98. The Hall–Kier alpha value is -1.57. The lowest BCUT2D eigenvalue weighted by Crippen LogP contribution is -2.40. The third-order valence-corrected chi connectivity index (χ3v) is 3.33. The summed E-state index contributed by atoms with van der Waals surface area (Å²) < 4.78 is 5.74. The second-order valence-electron chi connectivity index (χ2n) is 4.98. The number of hydrogen-bond acceptors (Lipinski definition) is 2. The smallest absolute Gasteiger partial charge is 0.174 e. The Labute approximate surface area is 102 Å². The van der Waals surface area contributed by atoms with Crippen molar-refractivity contribution in [2.45, 2.75) is 39.2 Å². The van der Waals surface area contributed by atoms with Crippen molar-refractivity contribution in [3.63, 3.8) is 0 Å². The summed E-state index contributed by atoms with van der Waals surface area (Å²) >= 11 is 0. The van der Waals surface area contributed by atoms with E-state index in [1.807, 2.05) is 0 Å². The number of rotatable bonds is 3. The summed E-state index contributed by atoms with van der Waals surface area (Å²) in [6.07, 6.45) is 1.32. The molecule has 0 radical (unpaired) electrons. The van der Waals surface area contributed by atoms with E-state index in [-0.39, 0.29) is 5.78 Å². The molecule has 1 atom stereocenters. The van der Waals surface area contributed by atoms with Gasteiger partial charge in [0.25, 0.3) is 0 Å². The highest BCUT2D eigenvalue weighted by atomic mass is 16.5. The van der Waals surface area contributed by atoms with Gasteiger partial charge in [0.2, 0.25) is 0 Å². The molecule has 1 aliphatic carbocycles. The van der Waals surface area contributed by atoms with Crippen molar-refractivity contribution in [1.29, 1.82) is 0 Å². The molecule has 0 saturated carbocycles. The zero-order valence-electron chi connectivity index (χ0n) is 10.7. The topological polar surface area (TPSA) is 26.3 Å². The maximum Gasteiger partial charge on any atom is 0.174 e. The minimum Gasteiger partial charge on any atom is -0.484 e. The number of hydrogen-bond donors (Lipinski definition) is 0. The lowest BCUT2D eigenvalue weighted by atomic mass is 9.95. The number of carbonyl (C=O) groups excluding carboxylic acids is 1. The predicted octanol–water partition coefficient (Wildman–Crippen LogP) is 2.97. The van der Waals surface area contributed by atoms with Crippen LogP contribution in [0.5, 0.6) is 0 Å². The zero-order valence-corrected chi connectivity index (χ0v) is 10.7. The first kappa shape index (κ1) is 11.9. The summed E-state index contributed by atoms with van der Waals surface area (Å²) in [4.78, 5) is 11.9. The van der Waals surface area contributed by atoms with E-state index < -0.39 is 5.60 Å². The van der Waals surface area contributed by atoms with Gasteiger partial charge < -0.3 is 4.74 Å². The van der Waals surface area contributed by atoms with Gasteiger partial charge in [-0.15, -0.1) is 0 Å². The summed E-state index contributed by atoms with van der Waals surface area (Å²) in [5.74, 6) is 0.680. The van der Waals surface area contributed by atoms with Crippen LogP contribution in [0.4, 0.5) is 0 Å². The van der Waals surface area contributed by atoms with Crippen LogP contribution in [-0.4, -0.2) is 11.4 Å². The highest BCUT2D eigenvalue weighted by Crippen LogP contribution is 2.35. The fourth-order valence-corrected chi connectivity index (χ4v) is 2.50. The van der Waals surface area contributed by atoms with Crippen LogP contribution in [0.3, 0.4) is 0 Å². The van der Waals surface area contributed by atoms with Gasteiger partial charge in [-0.25, -0.2) is 0 Å². The van der Waals surface area contributed by atoms with E-state index in [1.54, 1.807) is 13.8 Å². The highest BCUT2D eigenvalue weighted by Gasteiger charge is 2.43. The standard InChI is InChI=1S/C15H18O2/c1-10(2)17-15(12(4)16)8-13-6-5-11(3)7-14(13)9-15/h5-7H,1,8-9H2,2-4H3. The summed E-state index contributed by atoms with van der Waals surface area (Å²) in [5, 5.41) is 0. The summed E-state index contributed by atoms with van der Waals surface area (Å²) in [5.41, 5.74) is 2.94. The normalized spacial score (nSPS) is 22.1. The van der Waals surface area contributed by atoms with Crippen molar-refractivity contribution in [3.8, 4) is 0 Å². The first-order valence-corrected chi connectivity index (χ1v) is 5.87. The van der Waals surface area contributed by atoms with Gasteiger partial charge in [0.05, 0.1) is 5.76 Å². The van der Waals surface area contributed by atoms with Crippen LogP contribution < -0.4 is 0 Å². The molecule has 0 N–H and O–H groups in total. The Kier molecular flexibility index (Phi) is 2.82. The summed E-state index contributed by atoms with van der Waals surface area (Å²) in [6, 6.07) is 6.31.